The molecule has 0 aliphatic carbocycles. The second-order valence-electron chi connectivity index (χ2n) is 2.78. The number of carbonyl (C=O) groups is 1. The van der Waals surface area contributed by atoms with Gasteiger partial charge >= 0.3 is 5.97 Å². The Morgan fingerprint density at radius 3 is 2.93 bits per heavy atom. The van der Waals surface area contributed by atoms with Crippen molar-refractivity contribution < 1.29 is 9.53 Å². The van der Waals surface area contributed by atoms with E-state index in [-0.39, 0.29) is 5.97 Å². The van der Waals surface area contributed by atoms with Crippen LogP contribution in [-0.2, 0) is 9.53 Å². The van der Waals surface area contributed by atoms with Gasteiger partial charge in [0, 0.05) is 14.2 Å². The molecule has 0 heterocycles. The summed E-state index contributed by atoms with van der Waals surface area (Å²) in [5.74, 6) is 0.0963. The summed E-state index contributed by atoms with van der Waals surface area (Å²) in [6.07, 6.45) is 0. The summed E-state index contributed by atoms with van der Waals surface area (Å²) in [6.45, 7) is 2.21. The molecule has 0 unspecified atom stereocenters. The lowest BCUT2D eigenvalue weighted by Crippen LogP contribution is -2.06. The first kappa shape index (κ1) is 12.6. The van der Waals surface area contributed by atoms with Crippen LogP contribution in [-0.4, -0.2) is 18.3 Å². The van der Waals surface area contributed by atoms with Crippen molar-refractivity contribution in [3.05, 3.63) is 21.8 Å². The quantitative estimate of drug-likeness (QED) is 0.397. The third-order valence-electron chi connectivity index (χ3n) is 1.62. The van der Waals surface area contributed by atoms with Gasteiger partial charge in [-0.2, -0.15) is 0 Å². The number of anilines is 1. The number of benzene rings is 1. The highest BCUT2D eigenvalue weighted by atomic mass is 127. The predicted octanol–water partition coefficient (Wildman–Crippen LogP) is 2.53. The fourth-order valence-electron chi connectivity index (χ4n) is 0.990. The second kappa shape index (κ2) is 6.22. The normalized spacial score (nSPS) is 10.0. The number of halogens is 1. The number of hydrogen-bond donors (Lipinski definition) is 1. The van der Waals surface area contributed by atoms with Crippen LogP contribution in [0, 0.1) is 3.57 Å². The molecule has 1 rings (SSSR count). The molecule has 5 heteroatoms. The number of esters is 1. The Balaban J connectivity index is 2.54. The fourth-order valence-corrected chi connectivity index (χ4v) is 2.25. The van der Waals surface area contributed by atoms with Crippen molar-refractivity contribution in [3.8, 4) is 0 Å². The average Bonchev–Trinajstić information content (AvgIpc) is 2.17. The summed E-state index contributed by atoms with van der Waals surface area (Å²) in [6, 6.07) is 5.76. The molecular formula is C10H12INO2S. The first-order valence-corrected chi connectivity index (χ1v) is 6.53. The van der Waals surface area contributed by atoms with E-state index in [9.17, 15) is 4.79 Å². The van der Waals surface area contributed by atoms with Crippen LogP contribution in [0.25, 0.3) is 0 Å². The summed E-state index contributed by atoms with van der Waals surface area (Å²) in [7, 11) is 0. The van der Waals surface area contributed by atoms with Gasteiger partial charge in [-0.3, -0.25) is 4.79 Å². The smallest absolute Gasteiger partial charge is 0.316 e. The Morgan fingerprint density at radius 1 is 1.60 bits per heavy atom. The molecule has 0 saturated carbocycles. The molecule has 3 nitrogen and oxygen atoms in total. The average molecular weight is 337 g/mol. The minimum Gasteiger partial charge on any atom is -0.465 e. The van der Waals surface area contributed by atoms with Gasteiger partial charge < -0.3 is 10.5 Å². The number of thioether (sulfide) groups is 1. The van der Waals surface area contributed by atoms with Crippen LogP contribution in [0.2, 0.25) is 0 Å². The van der Waals surface area contributed by atoms with Crippen LogP contribution in [0.5, 0.6) is 0 Å². The molecular weight excluding hydrogens is 325 g/mol. The van der Waals surface area contributed by atoms with E-state index in [1.807, 2.05) is 18.2 Å². The fraction of sp³-hybridized carbons (Fsp3) is 0.300. The highest BCUT2D eigenvalue weighted by Crippen LogP contribution is 2.26. The molecule has 82 valence electrons. The number of nitrogen functional groups attached to an aromatic ring is 1. The van der Waals surface area contributed by atoms with Gasteiger partial charge in [0.1, 0.15) is 0 Å². The van der Waals surface area contributed by atoms with Gasteiger partial charge in [-0.05, 0) is 47.7 Å². The zero-order valence-electron chi connectivity index (χ0n) is 8.33. The van der Waals surface area contributed by atoms with Gasteiger partial charge in [0.15, 0.2) is 0 Å². The first-order chi connectivity index (χ1) is 7.13. The van der Waals surface area contributed by atoms with E-state index in [1.165, 1.54) is 11.8 Å². The van der Waals surface area contributed by atoms with Gasteiger partial charge in [0.05, 0.1) is 12.4 Å². The van der Waals surface area contributed by atoms with Crippen molar-refractivity contribution in [2.45, 2.75) is 11.8 Å². The summed E-state index contributed by atoms with van der Waals surface area (Å²) >= 11 is 3.60. The lowest BCUT2D eigenvalue weighted by molar-refractivity contribution is -0.139. The molecule has 0 saturated heterocycles. The highest BCUT2D eigenvalue weighted by Gasteiger charge is 2.05. The van der Waals surface area contributed by atoms with E-state index < -0.39 is 0 Å². The summed E-state index contributed by atoms with van der Waals surface area (Å²) in [5.41, 5.74) is 6.51. The Hall–Kier alpha value is -0.430. The van der Waals surface area contributed by atoms with Gasteiger partial charge in [0.25, 0.3) is 0 Å². The monoisotopic (exact) mass is 337 g/mol. The molecule has 0 bridgehead atoms. The van der Waals surface area contributed by atoms with E-state index in [0.29, 0.717) is 18.0 Å². The lowest BCUT2D eigenvalue weighted by Gasteiger charge is -2.05. The van der Waals surface area contributed by atoms with Crippen molar-refractivity contribution in [1.82, 2.24) is 0 Å². The maximum absolute atomic E-state index is 11.1. The van der Waals surface area contributed by atoms with E-state index in [2.05, 4.69) is 22.6 Å². The van der Waals surface area contributed by atoms with Gasteiger partial charge in [-0.15, -0.1) is 11.8 Å². The van der Waals surface area contributed by atoms with Crippen molar-refractivity contribution in [2.24, 2.45) is 0 Å². The van der Waals surface area contributed by atoms with Crippen LogP contribution in [0.4, 0.5) is 5.69 Å². The van der Waals surface area contributed by atoms with Crippen LogP contribution in [0.15, 0.2) is 23.1 Å². The topological polar surface area (TPSA) is 52.3 Å². The largest absolute Gasteiger partial charge is 0.465 e. The molecule has 1 aromatic rings. The third-order valence-corrected chi connectivity index (χ3v) is 3.36. The maximum atomic E-state index is 11.1. The third kappa shape index (κ3) is 4.29. The van der Waals surface area contributed by atoms with Gasteiger partial charge in [-0.25, -0.2) is 0 Å². The van der Waals surface area contributed by atoms with E-state index in [4.69, 9.17) is 10.5 Å². The maximum Gasteiger partial charge on any atom is 0.316 e. The Kier molecular flexibility index (Phi) is 5.24. The van der Waals surface area contributed by atoms with Crippen LogP contribution in [0.1, 0.15) is 6.92 Å². The highest BCUT2D eigenvalue weighted by molar-refractivity contribution is 14.1. The van der Waals surface area contributed by atoms with Crippen LogP contribution < -0.4 is 5.73 Å². The minimum atomic E-state index is -0.208. The van der Waals surface area contributed by atoms with Crippen molar-refractivity contribution >= 4 is 46.0 Å². The lowest BCUT2D eigenvalue weighted by atomic mass is 10.3. The molecule has 0 amide bonds. The van der Waals surface area contributed by atoms with E-state index >= 15 is 0 Å². The zero-order chi connectivity index (χ0) is 11.3. The van der Waals surface area contributed by atoms with Crippen molar-refractivity contribution in [1.29, 1.82) is 0 Å². The second-order valence-corrected chi connectivity index (χ2v) is 5.04. The number of ether oxygens (including phenoxy) is 1. The molecule has 0 radical (unpaired) electrons. The first-order valence-electron chi connectivity index (χ1n) is 4.47. The summed E-state index contributed by atoms with van der Waals surface area (Å²) in [5, 5.41) is 0. The van der Waals surface area contributed by atoms with Crippen LogP contribution >= 0.6 is 34.4 Å². The van der Waals surface area contributed by atoms with E-state index in [0.717, 1.165) is 8.47 Å². The van der Waals surface area contributed by atoms with Gasteiger partial charge in [0.2, 0.25) is 0 Å². The molecule has 0 aromatic heterocycles. The van der Waals surface area contributed by atoms with Gasteiger partial charge in [-0.1, -0.05) is 0 Å². The van der Waals surface area contributed by atoms with Crippen molar-refractivity contribution in [2.75, 3.05) is 18.1 Å². The molecule has 15 heavy (non-hydrogen) atoms. The van der Waals surface area contributed by atoms with E-state index in [1.54, 1.807) is 6.92 Å². The number of rotatable bonds is 4. The molecule has 0 atom stereocenters. The van der Waals surface area contributed by atoms with Crippen molar-refractivity contribution in [3.63, 3.8) is 0 Å². The SMILES string of the molecule is CCOC(=O)CSc1ccc(I)cc1N. The predicted molar refractivity (Wildman–Crippen MR) is 70.9 cm³/mol. The molecule has 0 fully saturated rings. The summed E-state index contributed by atoms with van der Waals surface area (Å²) in [4.78, 5) is 12.0. The number of carbonyl (C=O) groups excluding carboxylic acids is 1. The Morgan fingerprint density at radius 2 is 2.33 bits per heavy atom. The number of hydrogen-bond acceptors (Lipinski definition) is 4. The molecule has 0 spiro atoms. The molecule has 2 N–H and O–H groups in total. The van der Waals surface area contributed by atoms with Crippen LogP contribution in [0.3, 0.4) is 0 Å². The molecule has 0 aliphatic heterocycles. The summed E-state index contributed by atoms with van der Waals surface area (Å²) < 4.78 is 5.91. The zero-order valence-corrected chi connectivity index (χ0v) is 11.3. The Bertz CT molecular complexity index is 357. The number of nitrogens with two attached hydrogens (primary N) is 1. The molecule has 0 aliphatic rings. The molecule has 1 aromatic carbocycles. The minimum absolute atomic E-state index is 0.208. The standard InChI is InChI=1S/C10H12INO2S/c1-2-14-10(13)6-15-9-4-3-7(11)5-8(9)12/h3-5H,2,6,12H2,1H3. The Labute approximate surface area is 107 Å².